The molecule has 8 nitrogen and oxygen atoms in total. The molecule has 0 saturated heterocycles. The van der Waals surface area contributed by atoms with Crippen molar-refractivity contribution in [1.82, 2.24) is 9.97 Å². The number of nitrogens with zero attached hydrogens (tertiary/aromatic N) is 2. The number of aromatic nitrogens is 2. The zero-order chi connectivity index (χ0) is 20.5. The molecule has 1 aromatic carbocycles. The van der Waals surface area contributed by atoms with Crippen LogP contribution in [0, 0.1) is 5.82 Å². The number of fused-ring (bicyclic) bond motifs is 1. The summed E-state index contributed by atoms with van der Waals surface area (Å²) in [6.07, 6.45) is 1.66. The Morgan fingerprint density at radius 3 is 2.82 bits per heavy atom. The number of carbonyl (C=O) groups is 1. The molecule has 2 aromatic rings. The van der Waals surface area contributed by atoms with E-state index in [4.69, 9.17) is 17.3 Å². The number of nitrogen functional groups attached to an aromatic ring is 1. The summed E-state index contributed by atoms with van der Waals surface area (Å²) in [5, 5.41) is 2.44. The van der Waals surface area contributed by atoms with Crippen LogP contribution < -0.4 is 15.8 Å². The summed E-state index contributed by atoms with van der Waals surface area (Å²) in [4.78, 5) is 21.4. The molecule has 150 valence electrons. The smallest absolute Gasteiger partial charge is 0.234 e. The predicted molar refractivity (Wildman–Crippen MR) is 108 cm³/mol. The largest absolute Gasteiger partial charge is 0.383 e. The number of hydrogen-bond acceptors (Lipinski definition) is 7. The van der Waals surface area contributed by atoms with E-state index in [1.807, 2.05) is 0 Å². The molecule has 4 N–H and O–H groups in total. The second kappa shape index (κ2) is 8.10. The number of rotatable bonds is 6. The van der Waals surface area contributed by atoms with Crippen molar-refractivity contribution in [2.45, 2.75) is 24.2 Å². The molecule has 28 heavy (non-hydrogen) atoms. The first-order valence-electron chi connectivity index (χ1n) is 8.25. The van der Waals surface area contributed by atoms with Crippen LogP contribution in [0.15, 0.2) is 23.4 Å². The van der Waals surface area contributed by atoms with E-state index in [0.717, 1.165) is 12.1 Å². The maximum Gasteiger partial charge on any atom is 0.234 e. The summed E-state index contributed by atoms with van der Waals surface area (Å²) in [7, 11) is -3.68. The molecule has 0 radical (unpaired) electrons. The molecular formula is C16H17ClFN5O3S2. The van der Waals surface area contributed by atoms with E-state index in [9.17, 15) is 17.6 Å². The van der Waals surface area contributed by atoms with Crippen LogP contribution in [0.3, 0.4) is 0 Å². The molecule has 1 aromatic heterocycles. The Hall–Kier alpha value is -2.11. The lowest BCUT2D eigenvalue weighted by Gasteiger charge is -2.15. The number of benzene rings is 1. The van der Waals surface area contributed by atoms with Crippen LogP contribution in [0.4, 0.5) is 21.6 Å². The van der Waals surface area contributed by atoms with Crippen molar-refractivity contribution in [3.8, 4) is 0 Å². The highest BCUT2D eigenvalue weighted by molar-refractivity contribution is 7.99. The minimum Gasteiger partial charge on any atom is -0.383 e. The fraction of sp³-hybridized carbons (Fsp3) is 0.312. The summed E-state index contributed by atoms with van der Waals surface area (Å²) in [5.74, 6) is -1.28. The van der Waals surface area contributed by atoms with Crippen molar-refractivity contribution in [2.24, 2.45) is 0 Å². The Labute approximate surface area is 170 Å². The van der Waals surface area contributed by atoms with Gasteiger partial charge in [0.15, 0.2) is 0 Å². The second-order valence-corrected chi connectivity index (χ2v) is 9.31. The summed E-state index contributed by atoms with van der Waals surface area (Å²) in [6.45, 7) is 1.70. The Bertz CT molecular complexity index is 1040. The fourth-order valence-corrected chi connectivity index (χ4v) is 5.29. The van der Waals surface area contributed by atoms with E-state index in [2.05, 4.69) is 20.0 Å². The average molecular weight is 446 g/mol. The lowest BCUT2D eigenvalue weighted by molar-refractivity contribution is -0.117. The van der Waals surface area contributed by atoms with E-state index in [0.29, 0.717) is 28.6 Å². The molecule has 0 bridgehead atoms. The summed E-state index contributed by atoms with van der Waals surface area (Å²) in [5.41, 5.74) is 6.11. The van der Waals surface area contributed by atoms with Gasteiger partial charge in [-0.15, -0.1) is 11.8 Å². The zero-order valence-electron chi connectivity index (χ0n) is 14.7. The molecule has 1 aliphatic heterocycles. The molecule has 3 rings (SSSR count). The third-order valence-electron chi connectivity index (χ3n) is 3.93. The van der Waals surface area contributed by atoms with Crippen molar-refractivity contribution < 1.29 is 17.6 Å². The number of thioether (sulfide) groups is 1. The van der Waals surface area contributed by atoms with Gasteiger partial charge >= 0.3 is 0 Å². The van der Waals surface area contributed by atoms with Crippen molar-refractivity contribution in [3.63, 3.8) is 0 Å². The number of halogens is 2. The van der Waals surface area contributed by atoms with Crippen molar-refractivity contribution in [1.29, 1.82) is 0 Å². The van der Waals surface area contributed by atoms with E-state index >= 15 is 0 Å². The Kier molecular flexibility index (Phi) is 5.96. The monoisotopic (exact) mass is 445 g/mol. The van der Waals surface area contributed by atoms with Gasteiger partial charge in [0.25, 0.3) is 0 Å². The molecule has 0 aliphatic carbocycles. The average Bonchev–Trinajstić information content (AvgIpc) is 3.04. The third kappa shape index (κ3) is 4.31. The van der Waals surface area contributed by atoms with Gasteiger partial charge in [-0.3, -0.25) is 9.52 Å². The molecule has 1 aliphatic rings. The SMILES string of the molecule is CCCS(=O)(=O)Nc1cc(F)cc(NC(=O)C2CSc3c(N)ncnc32)c1Cl. The van der Waals surface area contributed by atoms with E-state index in [-0.39, 0.29) is 22.2 Å². The second-order valence-electron chi connectivity index (χ2n) is 6.06. The van der Waals surface area contributed by atoms with E-state index in [1.54, 1.807) is 6.92 Å². The number of nitrogens with one attached hydrogen (secondary N) is 2. The Morgan fingerprint density at radius 2 is 2.11 bits per heavy atom. The summed E-state index contributed by atoms with van der Waals surface area (Å²) >= 11 is 7.56. The Balaban J connectivity index is 1.86. The molecule has 0 spiro atoms. The van der Waals surface area contributed by atoms with Gasteiger partial charge in [0.05, 0.1) is 38.7 Å². The molecule has 12 heteroatoms. The van der Waals surface area contributed by atoms with Crippen LogP contribution in [0.1, 0.15) is 25.0 Å². The maximum absolute atomic E-state index is 14.0. The van der Waals surface area contributed by atoms with Crippen molar-refractivity contribution in [3.05, 3.63) is 35.0 Å². The lowest BCUT2D eigenvalue weighted by Crippen LogP contribution is -2.22. The number of hydrogen-bond donors (Lipinski definition) is 3. The van der Waals surface area contributed by atoms with Crippen LogP contribution in [0.5, 0.6) is 0 Å². The lowest BCUT2D eigenvalue weighted by atomic mass is 10.1. The molecule has 1 atom stereocenters. The first-order valence-corrected chi connectivity index (χ1v) is 11.3. The summed E-state index contributed by atoms with van der Waals surface area (Å²) < 4.78 is 40.2. The Morgan fingerprint density at radius 1 is 1.39 bits per heavy atom. The van der Waals surface area contributed by atoms with Gasteiger partial charge in [0, 0.05) is 5.75 Å². The van der Waals surface area contributed by atoms with Crippen LogP contribution in [0.2, 0.25) is 5.02 Å². The highest BCUT2D eigenvalue weighted by Crippen LogP contribution is 2.41. The maximum atomic E-state index is 14.0. The molecule has 2 heterocycles. The highest BCUT2D eigenvalue weighted by Gasteiger charge is 2.33. The minimum atomic E-state index is -3.68. The first kappa shape index (κ1) is 20.6. The minimum absolute atomic E-state index is 0.0404. The standard InChI is InChI=1S/C16H17ClFN5O3S2/c1-2-3-28(25,26)23-11-5-8(18)4-10(12(11)17)22-16(24)9-6-27-14-13(9)20-7-21-15(14)19/h4-5,7,9,23H,2-3,6H2,1H3,(H,22,24)(H2,19,20,21). The predicted octanol–water partition coefficient (Wildman–Crippen LogP) is 2.83. The molecule has 1 amide bonds. The number of carbonyl (C=O) groups excluding carboxylic acids is 1. The van der Waals surface area contributed by atoms with Crippen LogP contribution in [-0.2, 0) is 14.8 Å². The number of anilines is 3. The van der Waals surface area contributed by atoms with Crippen LogP contribution >= 0.6 is 23.4 Å². The van der Waals surface area contributed by atoms with Gasteiger partial charge in [-0.25, -0.2) is 22.8 Å². The zero-order valence-corrected chi connectivity index (χ0v) is 17.1. The van der Waals surface area contributed by atoms with Gasteiger partial charge in [-0.1, -0.05) is 18.5 Å². The quantitative estimate of drug-likeness (QED) is 0.623. The number of sulfonamides is 1. The van der Waals surface area contributed by atoms with Crippen molar-refractivity contribution in [2.75, 3.05) is 27.3 Å². The van der Waals surface area contributed by atoms with Gasteiger partial charge in [-0.05, 0) is 18.6 Å². The third-order valence-corrected chi connectivity index (χ3v) is 7.02. The normalized spacial score (nSPS) is 15.9. The van der Waals surface area contributed by atoms with Crippen molar-refractivity contribution >= 4 is 56.5 Å². The summed E-state index contributed by atoms with van der Waals surface area (Å²) in [6, 6.07) is 1.98. The topological polar surface area (TPSA) is 127 Å². The van der Waals surface area contributed by atoms with Gasteiger partial charge in [-0.2, -0.15) is 0 Å². The van der Waals surface area contributed by atoms with Gasteiger partial charge in [0.2, 0.25) is 15.9 Å². The molecular weight excluding hydrogens is 429 g/mol. The van der Waals surface area contributed by atoms with Gasteiger partial charge < -0.3 is 11.1 Å². The van der Waals surface area contributed by atoms with Crippen LogP contribution in [-0.4, -0.2) is 35.8 Å². The van der Waals surface area contributed by atoms with Gasteiger partial charge in [0.1, 0.15) is 18.0 Å². The van der Waals surface area contributed by atoms with Crippen LogP contribution in [0.25, 0.3) is 0 Å². The van der Waals surface area contributed by atoms with E-state index < -0.39 is 27.7 Å². The fourth-order valence-electron chi connectivity index (χ4n) is 2.70. The first-order chi connectivity index (χ1) is 13.2. The highest BCUT2D eigenvalue weighted by atomic mass is 35.5. The molecule has 0 fully saturated rings. The number of nitrogens with two attached hydrogens (primary N) is 1. The molecule has 0 saturated carbocycles. The number of amides is 1. The van der Waals surface area contributed by atoms with E-state index in [1.165, 1.54) is 18.1 Å². The molecule has 1 unspecified atom stereocenters.